The van der Waals surface area contributed by atoms with Crippen molar-refractivity contribution in [2.75, 3.05) is 26.9 Å². The second-order valence-corrected chi connectivity index (χ2v) is 5.32. The van der Waals surface area contributed by atoms with Crippen LogP contribution >= 0.6 is 0 Å². The van der Waals surface area contributed by atoms with Crippen LogP contribution < -0.4 is 5.32 Å². The lowest BCUT2D eigenvalue weighted by atomic mass is 9.96. The number of carbonyl (C=O) groups is 1. The number of methoxy groups -OCH3 is 1. The van der Waals surface area contributed by atoms with Crippen LogP contribution in [-0.4, -0.2) is 50.1 Å². The van der Waals surface area contributed by atoms with Gasteiger partial charge < -0.3 is 19.9 Å². The van der Waals surface area contributed by atoms with Crippen LogP contribution in [0.2, 0.25) is 0 Å². The summed E-state index contributed by atoms with van der Waals surface area (Å²) in [6.07, 6.45) is -5.98. The van der Waals surface area contributed by atoms with Gasteiger partial charge in [0.2, 0.25) is 0 Å². The summed E-state index contributed by atoms with van der Waals surface area (Å²) in [5, 5.41) is 12.5. The molecule has 0 bridgehead atoms. The van der Waals surface area contributed by atoms with Gasteiger partial charge in [-0.3, -0.25) is 4.79 Å². The Morgan fingerprint density at radius 2 is 2.09 bits per heavy atom. The minimum atomic E-state index is -4.61. The van der Waals surface area contributed by atoms with Crippen LogP contribution in [0.1, 0.15) is 15.9 Å². The first-order valence-electron chi connectivity index (χ1n) is 7.07. The predicted octanol–water partition coefficient (Wildman–Crippen LogP) is 1.46. The van der Waals surface area contributed by atoms with Crippen molar-refractivity contribution in [3.63, 3.8) is 0 Å². The Hall–Kier alpha value is -1.64. The first-order chi connectivity index (χ1) is 10.8. The van der Waals surface area contributed by atoms with E-state index in [4.69, 9.17) is 9.47 Å². The second kappa shape index (κ2) is 7.29. The molecule has 3 atom stereocenters. The molecule has 1 aliphatic heterocycles. The highest BCUT2D eigenvalue weighted by atomic mass is 19.4. The third-order valence-corrected chi connectivity index (χ3v) is 3.78. The average molecular weight is 333 g/mol. The zero-order chi connectivity index (χ0) is 17.0. The second-order valence-electron chi connectivity index (χ2n) is 5.32. The molecule has 0 spiro atoms. The molecule has 2 N–H and O–H groups in total. The number of benzene rings is 1. The van der Waals surface area contributed by atoms with E-state index in [1.54, 1.807) is 0 Å². The smallest absolute Gasteiger partial charge is 0.390 e. The highest BCUT2D eigenvalue weighted by molar-refractivity contribution is 5.95. The van der Waals surface area contributed by atoms with E-state index in [2.05, 4.69) is 5.32 Å². The molecule has 0 unspecified atom stereocenters. The molecule has 2 rings (SSSR count). The number of aliphatic hydroxyl groups excluding tert-OH is 1. The van der Waals surface area contributed by atoms with E-state index in [0.29, 0.717) is 0 Å². The molecule has 1 aromatic carbocycles. The van der Waals surface area contributed by atoms with E-state index in [-0.39, 0.29) is 19.8 Å². The Labute approximate surface area is 131 Å². The topological polar surface area (TPSA) is 67.8 Å². The van der Waals surface area contributed by atoms with Crippen molar-refractivity contribution in [3.8, 4) is 0 Å². The number of hydrogen-bond donors (Lipinski definition) is 2. The van der Waals surface area contributed by atoms with E-state index in [9.17, 15) is 23.1 Å². The Morgan fingerprint density at radius 3 is 2.74 bits per heavy atom. The fraction of sp³-hybridized carbons (Fsp3) is 0.533. The molecule has 1 aromatic rings. The van der Waals surface area contributed by atoms with Gasteiger partial charge in [0.15, 0.2) is 0 Å². The Morgan fingerprint density at radius 1 is 1.39 bits per heavy atom. The number of ether oxygens (including phenoxy) is 2. The molecule has 1 fully saturated rings. The van der Waals surface area contributed by atoms with Crippen molar-refractivity contribution in [1.82, 2.24) is 5.32 Å². The van der Waals surface area contributed by atoms with Gasteiger partial charge in [-0.15, -0.1) is 0 Å². The standard InChI is InChI=1S/C15H18F3NO4/c1-22-12-8-23-7-9(13(12)20)6-19-14(21)10-4-2-3-5-11(10)15(16,17)18/h2-5,9,12-13,20H,6-8H2,1H3,(H,19,21)/t9-,12-,13+/m1/s1. The number of carbonyl (C=O) groups excluding carboxylic acids is 1. The Bertz CT molecular complexity index is 550. The predicted molar refractivity (Wildman–Crippen MR) is 74.9 cm³/mol. The molecule has 23 heavy (non-hydrogen) atoms. The molecule has 0 aromatic heterocycles. The van der Waals surface area contributed by atoms with Crippen LogP contribution in [0.4, 0.5) is 13.2 Å². The maximum absolute atomic E-state index is 12.9. The van der Waals surface area contributed by atoms with E-state index >= 15 is 0 Å². The summed E-state index contributed by atoms with van der Waals surface area (Å²) in [6, 6.07) is 4.56. The maximum atomic E-state index is 12.9. The van der Waals surface area contributed by atoms with Gasteiger partial charge in [0.25, 0.3) is 5.91 Å². The lowest BCUT2D eigenvalue weighted by Gasteiger charge is -2.33. The molecule has 0 radical (unpaired) electrons. The zero-order valence-corrected chi connectivity index (χ0v) is 12.5. The lowest BCUT2D eigenvalue weighted by Crippen LogP contribution is -2.49. The molecule has 1 amide bonds. The van der Waals surface area contributed by atoms with Crippen molar-refractivity contribution in [2.45, 2.75) is 18.4 Å². The number of halogens is 3. The molecule has 1 aliphatic rings. The van der Waals surface area contributed by atoms with E-state index in [1.807, 2.05) is 0 Å². The van der Waals surface area contributed by atoms with Crippen molar-refractivity contribution < 1.29 is 32.5 Å². The van der Waals surface area contributed by atoms with Gasteiger partial charge in [-0.25, -0.2) is 0 Å². The van der Waals surface area contributed by atoms with Gasteiger partial charge in [0.1, 0.15) is 6.10 Å². The van der Waals surface area contributed by atoms with Crippen molar-refractivity contribution in [2.24, 2.45) is 5.92 Å². The van der Waals surface area contributed by atoms with Gasteiger partial charge in [-0.05, 0) is 12.1 Å². The number of aliphatic hydroxyl groups is 1. The highest BCUT2D eigenvalue weighted by Gasteiger charge is 2.36. The largest absolute Gasteiger partial charge is 0.417 e. The summed E-state index contributed by atoms with van der Waals surface area (Å²) in [6.45, 7) is 0.424. The van der Waals surface area contributed by atoms with Crippen molar-refractivity contribution in [1.29, 1.82) is 0 Å². The van der Waals surface area contributed by atoms with Crippen LogP contribution in [0.3, 0.4) is 0 Å². The quantitative estimate of drug-likeness (QED) is 0.875. The van der Waals surface area contributed by atoms with Crippen molar-refractivity contribution >= 4 is 5.91 Å². The van der Waals surface area contributed by atoms with E-state index in [0.717, 1.165) is 12.1 Å². The van der Waals surface area contributed by atoms with E-state index < -0.39 is 41.3 Å². The summed E-state index contributed by atoms with van der Waals surface area (Å²) in [5.41, 5.74) is -1.44. The van der Waals surface area contributed by atoms with Crippen LogP contribution in [0, 0.1) is 5.92 Å². The minimum absolute atomic E-state index is 0.00789. The number of hydrogen-bond acceptors (Lipinski definition) is 4. The van der Waals surface area contributed by atoms with E-state index in [1.165, 1.54) is 19.2 Å². The van der Waals surface area contributed by atoms with Crippen LogP contribution in [-0.2, 0) is 15.7 Å². The zero-order valence-electron chi connectivity index (χ0n) is 12.5. The first kappa shape index (κ1) is 17.7. The average Bonchev–Trinajstić information content (AvgIpc) is 2.53. The third kappa shape index (κ3) is 4.21. The minimum Gasteiger partial charge on any atom is -0.390 e. The molecule has 8 heteroatoms. The molecular weight excluding hydrogens is 315 g/mol. The van der Waals surface area contributed by atoms with Gasteiger partial charge >= 0.3 is 6.18 Å². The molecule has 1 saturated heterocycles. The third-order valence-electron chi connectivity index (χ3n) is 3.78. The number of alkyl halides is 3. The summed E-state index contributed by atoms with van der Waals surface area (Å²) in [7, 11) is 1.43. The molecule has 0 saturated carbocycles. The summed E-state index contributed by atoms with van der Waals surface area (Å²) >= 11 is 0. The molecule has 0 aliphatic carbocycles. The summed E-state index contributed by atoms with van der Waals surface area (Å²) in [5.74, 6) is -1.29. The number of amides is 1. The van der Waals surface area contributed by atoms with Crippen LogP contribution in [0.25, 0.3) is 0 Å². The van der Waals surface area contributed by atoms with Gasteiger partial charge in [0.05, 0.1) is 30.4 Å². The molecule has 128 valence electrons. The Kier molecular flexibility index (Phi) is 5.61. The normalized spacial score (nSPS) is 25.2. The monoisotopic (exact) mass is 333 g/mol. The molecule has 5 nitrogen and oxygen atoms in total. The van der Waals surface area contributed by atoms with Crippen molar-refractivity contribution in [3.05, 3.63) is 35.4 Å². The Balaban J connectivity index is 2.03. The number of nitrogens with one attached hydrogen (secondary N) is 1. The van der Waals surface area contributed by atoms with Gasteiger partial charge in [0, 0.05) is 19.6 Å². The lowest BCUT2D eigenvalue weighted by molar-refractivity contribution is -0.138. The first-order valence-corrected chi connectivity index (χ1v) is 7.07. The fourth-order valence-corrected chi connectivity index (χ4v) is 2.47. The number of rotatable bonds is 4. The molecular formula is C15H18F3NO4. The van der Waals surface area contributed by atoms with Gasteiger partial charge in [-0.2, -0.15) is 13.2 Å². The van der Waals surface area contributed by atoms with Gasteiger partial charge in [-0.1, -0.05) is 12.1 Å². The van der Waals surface area contributed by atoms with Crippen LogP contribution in [0.5, 0.6) is 0 Å². The maximum Gasteiger partial charge on any atom is 0.417 e. The molecule has 1 heterocycles. The summed E-state index contributed by atoms with van der Waals surface area (Å²) in [4.78, 5) is 12.0. The summed E-state index contributed by atoms with van der Waals surface area (Å²) < 4.78 is 49.0. The SMILES string of the molecule is CO[C@@H]1COC[C@@H](CNC(=O)c2ccccc2C(F)(F)F)[C@@H]1O. The highest BCUT2D eigenvalue weighted by Crippen LogP contribution is 2.31. The fourth-order valence-electron chi connectivity index (χ4n) is 2.47. The van der Waals surface area contributed by atoms with Crippen LogP contribution in [0.15, 0.2) is 24.3 Å².